The van der Waals surface area contributed by atoms with Crippen molar-refractivity contribution in [3.8, 4) is 17.6 Å². The number of carbonyl (C=O) groups excluding carboxylic acids is 1. The molecule has 10 atom stereocenters. The number of phenolic OH excluding ortho intramolecular Hbond substituents is 1. The summed E-state index contributed by atoms with van der Waals surface area (Å²) in [5.74, 6) is 8.36. The number of benzene rings is 1. The lowest BCUT2D eigenvalue weighted by Gasteiger charge is -2.80. The molecule has 7 bridgehead atoms. The molecule has 220 valence electrons. The van der Waals surface area contributed by atoms with Gasteiger partial charge < -0.3 is 25.5 Å². The van der Waals surface area contributed by atoms with E-state index in [1.54, 1.807) is 0 Å². The van der Waals surface area contributed by atoms with Crippen LogP contribution >= 0.6 is 0 Å². The maximum atomic E-state index is 12.8. The van der Waals surface area contributed by atoms with Crippen molar-refractivity contribution in [2.75, 3.05) is 6.61 Å². The molecule has 1 aromatic rings. The Bertz CT molecular complexity index is 1320. The van der Waals surface area contributed by atoms with Crippen LogP contribution in [0.15, 0.2) is 18.2 Å². The maximum absolute atomic E-state index is 12.8. The van der Waals surface area contributed by atoms with Gasteiger partial charge in [-0.1, -0.05) is 30.7 Å². The highest BCUT2D eigenvalue weighted by Crippen LogP contribution is 2.77. The molecule has 0 radical (unpaired) electrons. The summed E-state index contributed by atoms with van der Waals surface area (Å²) < 4.78 is 7.65. The molecule has 7 fully saturated rings. The van der Waals surface area contributed by atoms with Crippen molar-refractivity contribution in [2.24, 2.45) is 52.1 Å². The van der Waals surface area contributed by atoms with Crippen molar-refractivity contribution in [1.29, 1.82) is 0 Å². The van der Waals surface area contributed by atoms with Crippen molar-refractivity contribution in [3.63, 3.8) is 0 Å². The maximum Gasteiger partial charge on any atom is 0.123 e. The minimum absolute atomic E-state index is 0.00284. The van der Waals surface area contributed by atoms with Crippen LogP contribution in [0.4, 0.5) is 0 Å². The number of fused-ring (bicyclic) bond motifs is 3. The van der Waals surface area contributed by atoms with E-state index < -0.39 is 16.7 Å². The van der Waals surface area contributed by atoms with Crippen LogP contribution in [-0.4, -0.2) is 39.8 Å². The Morgan fingerprint density at radius 3 is 2.73 bits per heavy atom. The summed E-state index contributed by atoms with van der Waals surface area (Å²) in [6.45, 7) is 2.36. The number of phenols is 1. The molecule has 2 heterocycles. The van der Waals surface area contributed by atoms with Gasteiger partial charge in [-0.2, -0.15) is 0 Å². The SMILES string of the molecule is C[C@@]12CC[C@@H](C=O)[C@@]34CC[C@@H](CO)[C@@](N)([C@@H]31)[C@H]1C#CCc3cc(O)ccc3C[C@@H]3C[C@@H](CC5(CCCC5)C3)[C@@]1(C4)O2. The highest BCUT2D eigenvalue weighted by atomic mass is 16.5. The third-order valence-electron chi connectivity index (χ3n) is 14.0. The van der Waals surface area contributed by atoms with Crippen molar-refractivity contribution in [1.82, 2.24) is 0 Å². The Kier molecular flexibility index (Phi) is 5.76. The fraction of sp³-hybridized carbons (Fsp3) is 0.750. The van der Waals surface area contributed by atoms with Gasteiger partial charge in [0.25, 0.3) is 0 Å². The molecule has 4 N–H and O–H groups in total. The smallest absolute Gasteiger partial charge is 0.123 e. The zero-order valence-electron chi connectivity index (χ0n) is 24.7. The summed E-state index contributed by atoms with van der Waals surface area (Å²) in [6, 6.07) is 5.88. The molecule has 6 aliphatic carbocycles. The van der Waals surface area contributed by atoms with Gasteiger partial charge in [0.2, 0.25) is 0 Å². The lowest BCUT2D eigenvalue weighted by Crippen LogP contribution is -2.87. The molecular formula is C36H47NO4. The summed E-state index contributed by atoms with van der Waals surface area (Å²) in [5.41, 5.74) is 8.88. The van der Waals surface area contributed by atoms with E-state index in [4.69, 9.17) is 10.5 Å². The van der Waals surface area contributed by atoms with Crippen molar-refractivity contribution >= 4 is 6.29 Å². The molecule has 8 aliphatic rings. The van der Waals surface area contributed by atoms with Gasteiger partial charge in [0, 0.05) is 36.3 Å². The topological polar surface area (TPSA) is 92.8 Å². The van der Waals surface area contributed by atoms with Crippen LogP contribution in [0.25, 0.3) is 0 Å². The third-order valence-corrected chi connectivity index (χ3v) is 14.0. The van der Waals surface area contributed by atoms with E-state index in [9.17, 15) is 15.0 Å². The number of nitrogens with two attached hydrogens (primary N) is 1. The minimum atomic E-state index is -0.696. The predicted molar refractivity (Wildman–Crippen MR) is 157 cm³/mol. The van der Waals surface area contributed by atoms with Crippen LogP contribution in [0.2, 0.25) is 0 Å². The molecule has 5 heteroatoms. The average molecular weight is 558 g/mol. The number of aromatic hydroxyl groups is 1. The Hall–Kier alpha value is -1.87. The van der Waals surface area contributed by atoms with Gasteiger partial charge in [-0.25, -0.2) is 0 Å². The summed E-state index contributed by atoms with van der Waals surface area (Å²) in [7, 11) is 0. The average Bonchev–Trinajstić information content (AvgIpc) is 3.37. The first-order chi connectivity index (χ1) is 19.7. The first kappa shape index (κ1) is 26.7. The monoisotopic (exact) mass is 557 g/mol. The first-order valence-electron chi connectivity index (χ1n) is 16.5. The van der Waals surface area contributed by atoms with E-state index in [1.165, 1.54) is 50.4 Å². The molecule has 2 spiro atoms. The molecule has 2 aliphatic heterocycles. The fourth-order valence-electron chi connectivity index (χ4n) is 12.9. The van der Waals surface area contributed by atoms with E-state index in [1.807, 2.05) is 12.1 Å². The summed E-state index contributed by atoms with van der Waals surface area (Å²) >= 11 is 0. The van der Waals surface area contributed by atoms with Gasteiger partial charge in [-0.15, -0.1) is 0 Å². The van der Waals surface area contributed by atoms with E-state index in [-0.39, 0.29) is 35.7 Å². The van der Waals surface area contributed by atoms with Crippen molar-refractivity contribution in [2.45, 2.75) is 114 Å². The van der Waals surface area contributed by atoms with Crippen LogP contribution in [0.1, 0.15) is 95.1 Å². The molecule has 0 aromatic heterocycles. The van der Waals surface area contributed by atoms with E-state index in [2.05, 4.69) is 24.8 Å². The quantitative estimate of drug-likeness (QED) is 0.338. The number of aliphatic hydroxyl groups is 1. The minimum Gasteiger partial charge on any atom is -0.508 e. The van der Waals surface area contributed by atoms with Gasteiger partial charge in [-0.05, 0) is 123 Å². The predicted octanol–water partition coefficient (Wildman–Crippen LogP) is 5.33. The first-order valence-corrected chi connectivity index (χ1v) is 16.5. The number of aldehydes is 1. The van der Waals surface area contributed by atoms with Crippen LogP contribution < -0.4 is 5.73 Å². The normalized spacial score (nSPS) is 48.8. The number of aliphatic hydroxyl groups excluding tert-OH is 1. The Morgan fingerprint density at radius 1 is 1.12 bits per heavy atom. The number of hydrogen-bond donors (Lipinski definition) is 3. The summed E-state index contributed by atoms with van der Waals surface area (Å²) in [6.07, 6.45) is 16.0. The largest absolute Gasteiger partial charge is 0.508 e. The molecule has 0 amide bonds. The standard InChI is InChI=1S/C36H47NO4/c1-32-13-9-26(20-38)34-14-10-27(21-39)36(37,31(32)34)30-6-4-5-24-17-29(40)8-7-25(24)15-23-16-28(35(30,22-34)41-32)19-33(18-23)11-2-3-12-33/h7-8,17,20,23,26-28,30-31,39-40H,2-3,5,9-16,18-19,21-22,37H2,1H3/t23-,26+,27+,28+,30+,31-,32-,34+,35-,36+/m1/s1. The van der Waals surface area contributed by atoms with Gasteiger partial charge in [-0.3, -0.25) is 0 Å². The van der Waals surface area contributed by atoms with Gasteiger partial charge in [0.15, 0.2) is 0 Å². The van der Waals surface area contributed by atoms with Crippen LogP contribution in [-0.2, 0) is 22.4 Å². The number of ether oxygens (including phenoxy) is 1. The highest BCUT2D eigenvalue weighted by molar-refractivity contribution is 5.58. The third kappa shape index (κ3) is 3.45. The second-order valence-electron chi connectivity index (χ2n) is 15.9. The molecule has 1 aromatic carbocycles. The summed E-state index contributed by atoms with van der Waals surface area (Å²) in [4.78, 5) is 12.8. The summed E-state index contributed by atoms with van der Waals surface area (Å²) in [5, 5.41) is 21.3. The molecule has 2 saturated heterocycles. The van der Waals surface area contributed by atoms with Gasteiger partial charge >= 0.3 is 0 Å². The molecule has 9 rings (SSSR count). The lowest BCUT2D eigenvalue weighted by atomic mass is 9.31. The zero-order chi connectivity index (χ0) is 28.3. The van der Waals surface area contributed by atoms with Crippen LogP contribution in [0.3, 0.4) is 0 Å². The second-order valence-corrected chi connectivity index (χ2v) is 15.9. The highest BCUT2D eigenvalue weighted by Gasteiger charge is 2.81. The van der Waals surface area contributed by atoms with Crippen LogP contribution in [0, 0.1) is 58.2 Å². The van der Waals surface area contributed by atoms with Crippen molar-refractivity contribution < 1.29 is 19.7 Å². The van der Waals surface area contributed by atoms with E-state index in [0.717, 1.165) is 50.5 Å². The van der Waals surface area contributed by atoms with E-state index in [0.29, 0.717) is 29.4 Å². The van der Waals surface area contributed by atoms with Gasteiger partial charge in [0.1, 0.15) is 12.0 Å². The molecule has 5 nitrogen and oxygen atoms in total. The number of rotatable bonds is 2. The molecule has 5 saturated carbocycles. The van der Waals surface area contributed by atoms with Crippen LogP contribution in [0.5, 0.6) is 5.75 Å². The Balaban J connectivity index is 1.36. The van der Waals surface area contributed by atoms with E-state index >= 15 is 0 Å². The Labute approximate surface area is 245 Å². The Morgan fingerprint density at radius 2 is 1.95 bits per heavy atom. The molecule has 41 heavy (non-hydrogen) atoms. The lowest BCUT2D eigenvalue weighted by molar-refractivity contribution is -0.389. The second kappa shape index (κ2) is 8.84. The fourth-order valence-corrected chi connectivity index (χ4v) is 12.9. The van der Waals surface area contributed by atoms with Gasteiger partial charge in [0.05, 0.1) is 17.1 Å². The number of carbonyl (C=O) groups is 1. The number of hydrogen-bond acceptors (Lipinski definition) is 5. The van der Waals surface area contributed by atoms with Crippen molar-refractivity contribution in [3.05, 3.63) is 29.3 Å². The molecular weight excluding hydrogens is 510 g/mol. The zero-order valence-corrected chi connectivity index (χ0v) is 24.7. The molecule has 0 unspecified atom stereocenters.